The number of hydrogen-bond donors (Lipinski definition) is 15. The van der Waals surface area contributed by atoms with Crippen LogP contribution in [-0.2, 0) is 38.1 Å². The van der Waals surface area contributed by atoms with Crippen LogP contribution in [0.4, 0.5) is 0 Å². The van der Waals surface area contributed by atoms with E-state index in [1.807, 2.05) is 6.92 Å². The molecule has 0 aromatic carbocycles. The van der Waals surface area contributed by atoms with Gasteiger partial charge in [-0.2, -0.15) is 0 Å². The van der Waals surface area contributed by atoms with Gasteiger partial charge in [0, 0.05) is 85.1 Å². The number of unbranched alkanes of at least 4 members (excludes halogenated alkanes) is 7. The molecule has 0 rings (SSSR count). The van der Waals surface area contributed by atoms with Crippen LogP contribution in [0.3, 0.4) is 0 Å². The standard InChI is InChI=1S/C45H83N3O20/c1-30(52)46-37(40(59)34(56)16-19-49)33(55)15-9-5-6-10-22-64-27-45(4,28-65-23-11-7-13-25-67-43(62)38(47-31(2)53)41(60)35(57)17-20-50)29-66-24-12-8-14-26-68-44(63)39(48-32(3)54)42(61)36(58)18-21-51/h33-36,43-44,49-51,55-63H,5-29H2,1-4H3,(H,46,52)(H,47,53)(H,48,54)/b40-37+,41-38+,42-39+/t33-,34-,35-,36-,43-,44-/m0/s1. The second kappa shape index (κ2) is 38.3. The number of nitrogens with one attached hydrogen (secondary N) is 3. The number of ether oxygens (including phenoxy) is 5. The molecule has 0 unspecified atom stereocenters. The molecule has 0 saturated carbocycles. The largest absolute Gasteiger partial charge is 0.508 e. The van der Waals surface area contributed by atoms with Crippen molar-refractivity contribution in [1.29, 1.82) is 0 Å². The first kappa shape index (κ1) is 64.5. The Morgan fingerprint density at radius 1 is 0.426 bits per heavy atom. The van der Waals surface area contributed by atoms with E-state index in [0.717, 1.165) is 20.3 Å². The topological polar surface area (TPSA) is 376 Å². The summed E-state index contributed by atoms with van der Waals surface area (Å²) in [4.78, 5) is 34.8. The highest BCUT2D eigenvalue weighted by atomic mass is 16.6. The van der Waals surface area contributed by atoms with E-state index in [2.05, 4.69) is 16.0 Å². The summed E-state index contributed by atoms with van der Waals surface area (Å²) in [5.41, 5.74) is -1.56. The molecular weight excluding hydrogens is 902 g/mol. The van der Waals surface area contributed by atoms with Gasteiger partial charge in [-0.1, -0.05) is 26.2 Å². The Morgan fingerprint density at radius 2 is 0.721 bits per heavy atom. The summed E-state index contributed by atoms with van der Waals surface area (Å²) >= 11 is 0. The third kappa shape index (κ3) is 29.5. The molecule has 0 bridgehead atoms. The second-order valence-electron chi connectivity index (χ2n) is 16.8. The van der Waals surface area contributed by atoms with Gasteiger partial charge in [-0.15, -0.1) is 0 Å². The fourth-order valence-corrected chi connectivity index (χ4v) is 6.35. The van der Waals surface area contributed by atoms with Crippen molar-refractivity contribution in [2.24, 2.45) is 5.41 Å². The molecule has 6 atom stereocenters. The summed E-state index contributed by atoms with van der Waals surface area (Å²) in [6, 6.07) is 0. The van der Waals surface area contributed by atoms with E-state index in [0.29, 0.717) is 97.4 Å². The van der Waals surface area contributed by atoms with Crippen molar-refractivity contribution >= 4 is 17.7 Å². The molecular formula is C45H83N3O20. The Morgan fingerprint density at radius 3 is 1.06 bits per heavy atom. The molecule has 23 nitrogen and oxygen atoms in total. The van der Waals surface area contributed by atoms with E-state index >= 15 is 0 Å². The molecule has 0 radical (unpaired) electrons. The van der Waals surface area contributed by atoms with Crippen molar-refractivity contribution in [2.75, 3.05) is 72.7 Å². The highest BCUT2D eigenvalue weighted by Crippen LogP contribution is 2.21. The van der Waals surface area contributed by atoms with Crippen LogP contribution in [-0.4, -0.2) is 189 Å². The van der Waals surface area contributed by atoms with Gasteiger partial charge in [0.25, 0.3) is 0 Å². The number of aliphatic hydroxyl groups excluding tert-OH is 12. The maximum absolute atomic E-state index is 11.6. The maximum Gasteiger partial charge on any atom is 0.221 e. The van der Waals surface area contributed by atoms with Gasteiger partial charge < -0.3 is 101 Å². The smallest absolute Gasteiger partial charge is 0.221 e. The predicted molar refractivity (Wildman–Crippen MR) is 245 cm³/mol. The molecule has 0 heterocycles. The molecule has 3 amide bonds. The van der Waals surface area contributed by atoms with Crippen molar-refractivity contribution in [3.8, 4) is 0 Å². The van der Waals surface area contributed by atoms with E-state index in [4.69, 9.17) is 39.0 Å². The van der Waals surface area contributed by atoms with Crippen LogP contribution >= 0.6 is 0 Å². The van der Waals surface area contributed by atoms with Crippen molar-refractivity contribution in [3.63, 3.8) is 0 Å². The van der Waals surface area contributed by atoms with Gasteiger partial charge in [0.15, 0.2) is 12.6 Å². The molecule has 0 spiro atoms. The molecule has 0 fully saturated rings. The number of carbonyl (C=O) groups is 3. The molecule has 0 aliphatic heterocycles. The molecule has 0 saturated heterocycles. The van der Waals surface area contributed by atoms with E-state index in [1.165, 1.54) is 6.92 Å². The van der Waals surface area contributed by atoms with Crippen LogP contribution < -0.4 is 16.0 Å². The number of hydrogen-bond acceptors (Lipinski definition) is 20. The number of rotatable bonds is 42. The third-order valence-corrected chi connectivity index (χ3v) is 10.0. The van der Waals surface area contributed by atoms with Crippen LogP contribution in [0.1, 0.15) is 118 Å². The van der Waals surface area contributed by atoms with Crippen LogP contribution in [0.15, 0.2) is 34.4 Å². The molecule has 0 aromatic rings. The Hall–Kier alpha value is -3.53. The summed E-state index contributed by atoms with van der Waals surface area (Å²) < 4.78 is 28.8. The lowest BCUT2D eigenvalue weighted by Crippen LogP contribution is -2.35. The quantitative estimate of drug-likeness (QED) is 0.0222. The summed E-state index contributed by atoms with van der Waals surface area (Å²) in [5.74, 6) is -3.77. The number of aliphatic hydroxyl groups is 12. The Balaban J connectivity index is 5.18. The van der Waals surface area contributed by atoms with Gasteiger partial charge in [0.1, 0.15) is 47.0 Å². The van der Waals surface area contributed by atoms with Crippen molar-refractivity contribution in [3.05, 3.63) is 34.4 Å². The molecule has 23 heteroatoms. The lowest BCUT2D eigenvalue weighted by Gasteiger charge is -2.29. The fraction of sp³-hybridized carbons (Fsp3) is 0.800. The summed E-state index contributed by atoms with van der Waals surface area (Å²) in [5, 5.41) is 126. The van der Waals surface area contributed by atoms with Crippen molar-refractivity contribution < 1.29 is 99.3 Å². The maximum atomic E-state index is 11.6. The molecule has 15 N–H and O–H groups in total. The minimum absolute atomic E-state index is 0.0585. The normalized spacial score (nSPS) is 15.8. The first-order valence-electron chi connectivity index (χ1n) is 23.2. The van der Waals surface area contributed by atoms with Crippen LogP contribution in [0.25, 0.3) is 0 Å². The summed E-state index contributed by atoms with van der Waals surface area (Å²) in [7, 11) is 0. The zero-order valence-electron chi connectivity index (χ0n) is 40.3. The van der Waals surface area contributed by atoms with Gasteiger partial charge in [0.2, 0.25) is 17.7 Å². The first-order chi connectivity index (χ1) is 32.2. The minimum Gasteiger partial charge on any atom is -0.508 e. The average Bonchev–Trinajstić information content (AvgIpc) is 3.28. The number of amides is 3. The van der Waals surface area contributed by atoms with Crippen molar-refractivity contribution in [2.45, 2.75) is 155 Å². The van der Waals surface area contributed by atoms with Gasteiger partial charge in [0.05, 0.1) is 44.8 Å². The Kier molecular flexibility index (Phi) is 36.3. The summed E-state index contributed by atoms with van der Waals surface area (Å²) in [6.45, 7) is 6.42. The highest BCUT2D eigenvalue weighted by Gasteiger charge is 2.27. The lowest BCUT2D eigenvalue weighted by molar-refractivity contribution is -0.122. The van der Waals surface area contributed by atoms with E-state index < -0.39 is 109 Å². The van der Waals surface area contributed by atoms with Gasteiger partial charge in [-0.05, 0) is 51.4 Å². The van der Waals surface area contributed by atoms with E-state index in [9.17, 15) is 60.3 Å². The molecule has 0 aliphatic rings. The fourth-order valence-electron chi connectivity index (χ4n) is 6.35. The molecule has 68 heavy (non-hydrogen) atoms. The highest BCUT2D eigenvalue weighted by molar-refractivity contribution is 5.76. The first-order valence-corrected chi connectivity index (χ1v) is 23.2. The Labute approximate surface area is 399 Å². The molecule has 0 aromatic heterocycles. The predicted octanol–water partition coefficient (Wildman–Crippen LogP) is 0.312. The minimum atomic E-state index is -1.73. The van der Waals surface area contributed by atoms with E-state index in [1.54, 1.807) is 0 Å². The lowest BCUT2D eigenvalue weighted by atomic mass is 9.94. The second-order valence-corrected chi connectivity index (χ2v) is 16.8. The van der Waals surface area contributed by atoms with Crippen LogP contribution in [0.5, 0.6) is 0 Å². The zero-order valence-corrected chi connectivity index (χ0v) is 40.3. The van der Waals surface area contributed by atoms with Crippen LogP contribution in [0.2, 0.25) is 0 Å². The molecule has 0 aliphatic carbocycles. The monoisotopic (exact) mass is 986 g/mol. The van der Waals surface area contributed by atoms with Crippen molar-refractivity contribution in [1.82, 2.24) is 16.0 Å². The summed E-state index contributed by atoms with van der Waals surface area (Å²) in [6.07, 6.45) is -3.29. The van der Waals surface area contributed by atoms with Gasteiger partial charge in [-0.3, -0.25) is 14.4 Å². The van der Waals surface area contributed by atoms with E-state index in [-0.39, 0.29) is 44.6 Å². The molecule has 398 valence electrons. The van der Waals surface area contributed by atoms with Crippen LogP contribution in [0, 0.1) is 5.41 Å². The SMILES string of the molecule is CC(=O)N/C(=C(/O)[C@@H](O)CCO)[C@@H](O)CCCCCCOCC(C)(COCCCCCO[C@H](O)/C(NC(C)=O)=C(\O)[C@@H](O)CCO)COCCCCCO[C@H](O)/C(NC(C)=O)=C(\O)[C@@H](O)CCO. The third-order valence-electron chi connectivity index (χ3n) is 10.0. The average molecular weight is 986 g/mol. The zero-order chi connectivity index (χ0) is 51.5. The van der Waals surface area contributed by atoms with Gasteiger partial charge >= 0.3 is 0 Å². The number of carbonyl (C=O) groups excluding carboxylic acids is 3. The van der Waals surface area contributed by atoms with Gasteiger partial charge in [-0.25, -0.2) is 0 Å². The Bertz CT molecular complexity index is 1330.